The second kappa shape index (κ2) is 21.7. The van der Waals surface area contributed by atoms with Gasteiger partial charge in [0.05, 0.1) is 0 Å². The number of benzene rings is 2. The van der Waals surface area contributed by atoms with E-state index in [1.807, 2.05) is 79.7 Å². The van der Waals surface area contributed by atoms with E-state index in [4.69, 9.17) is 0 Å². The van der Waals surface area contributed by atoms with Crippen molar-refractivity contribution in [2.24, 2.45) is 0 Å². The number of methoxy groups -OCH3 is 1. The maximum absolute atomic E-state index is 4.54. The number of rotatable bonds is 1. The molecule has 0 radical (unpaired) electrons. The van der Waals surface area contributed by atoms with E-state index in [1.54, 1.807) is 7.11 Å². The average Bonchev–Trinajstić information content (AvgIpc) is 2.52. The van der Waals surface area contributed by atoms with Gasteiger partial charge in [-0.15, -0.1) is 0 Å². The Kier molecular flexibility index (Phi) is 22.5. The summed E-state index contributed by atoms with van der Waals surface area (Å²) in [5.74, 6) is 0. The van der Waals surface area contributed by atoms with Gasteiger partial charge in [-0.05, 0) is 6.92 Å². The number of ether oxygens (including phenoxy) is 1. The van der Waals surface area contributed by atoms with Crippen molar-refractivity contribution in [3.8, 4) is 0 Å². The van der Waals surface area contributed by atoms with Gasteiger partial charge in [0.25, 0.3) is 0 Å². The Hall–Kier alpha value is -1.60. The Morgan fingerprint density at radius 2 is 0.632 bits per heavy atom. The lowest BCUT2D eigenvalue weighted by Gasteiger charge is -1.76. The zero-order valence-corrected chi connectivity index (χ0v) is 12.8. The summed E-state index contributed by atoms with van der Waals surface area (Å²) in [6, 6.07) is 24.0. The highest BCUT2D eigenvalue weighted by Gasteiger charge is 1.58. The van der Waals surface area contributed by atoms with Gasteiger partial charge in [0.2, 0.25) is 0 Å². The summed E-state index contributed by atoms with van der Waals surface area (Å²) in [5.41, 5.74) is 0. The molecule has 0 heterocycles. The molecule has 0 fully saturated rings. The van der Waals surface area contributed by atoms with Crippen LogP contribution >= 0.6 is 0 Å². The molecule has 106 valence electrons. The van der Waals surface area contributed by atoms with Gasteiger partial charge >= 0.3 is 0 Å². The average molecular weight is 260 g/mol. The molecular weight excluding hydrogens is 232 g/mol. The first kappa shape index (κ1) is 19.7. The van der Waals surface area contributed by atoms with E-state index < -0.39 is 0 Å². The zero-order chi connectivity index (χ0) is 14.6. The van der Waals surface area contributed by atoms with Crippen LogP contribution in [-0.4, -0.2) is 13.7 Å². The quantitative estimate of drug-likeness (QED) is 0.663. The molecule has 0 aliphatic rings. The molecule has 2 aromatic rings. The highest BCUT2D eigenvalue weighted by molar-refractivity contribution is 4.99. The lowest BCUT2D eigenvalue weighted by Crippen LogP contribution is -1.73. The van der Waals surface area contributed by atoms with Crippen molar-refractivity contribution < 1.29 is 4.74 Å². The Labute approximate surface area is 119 Å². The standard InChI is InChI=1S/2C6H6.C3H8O.C3H8/c2*1-2-4-6-5-3-1;1-3-4-2;1-3-2/h2*1-6H;3H2,1-2H3;3H2,1-2H3. The summed E-state index contributed by atoms with van der Waals surface area (Å²) >= 11 is 0. The number of hydrogen-bond donors (Lipinski definition) is 0. The van der Waals surface area contributed by atoms with Crippen molar-refractivity contribution in [2.75, 3.05) is 13.7 Å². The second-order valence-electron chi connectivity index (χ2n) is 3.59. The number of hydrogen-bond acceptors (Lipinski definition) is 1. The van der Waals surface area contributed by atoms with Gasteiger partial charge in [-0.25, -0.2) is 0 Å². The molecule has 1 nitrogen and oxygen atoms in total. The molecule has 2 rings (SSSR count). The Morgan fingerprint density at radius 3 is 0.684 bits per heavy atom. The van der Waals surface area contributed by atoms with Gasteiger partial charge in [-0.2, -0.15) is 0 Å². The van der Waals surface area contributed by atoms with E-state index in [0.29, 0.717) is 0 Å². The molecule has 0 spiro atoms. The van der Waals surface area contributed by atoms with Crippen LogP contribution in [0.5, 0.6) is 0 Å². The minimum Gasteiger partial charge on any atom is -0.385 e. The molecule has 0 unspecified atom stereocenters. The van der Waals surface area contributed by atoms with Crippen molar-refractivity contribution in [1.29, 1.82) is 0 Å². The van der Waals surface area contributed by atoms with Crippen molar-refractivity contribution in [3.05, 3.63) is 72.8 Å². The molecule has 0 saturated carbocycles. The van der Waals surface area contributed by atoms with Gasteiger partial charge in [0.1, 0.15) is 0 Å². The predicted octanol–water partition coefficient (Wildman–Crippen LogP) is 5.44. The van der Waals surface area contributed by atoms with Crippen LogP contribution in [0.3, 0.4) is 0 Å². The van der Waals surface area contributed by atoms with Gasteiger partial charge < -0.3 is 4.74 Å². The third-order valence-electron chi connectivity index (χ3n) is 1.62. The molecule has 2 aromatic carbocycles. The van der Waals surface area contributed by atoms with Crippen molar-refractivity contribution in [2.45, 2.75) is 27.2 Å². The van der Waals surface area contributed by atoms with E-state index in [0.717, 1.165) is 6.61 Å². The molecule has 0 aliphatic carbocycles. The highest BCUT2D eigenvalue weighted by Crippen LogP contribution is 1.80. The molecule has 0 aliphatic heterocycles. The van der Waals surface area contributed by atoms with E-state index in [2.05, 4.69) is 18.6 Å². The Morgan fingerprint density at radius 1 is 0.526 bits per heavy atom. The van der Waals surface area contributed by atoms with Gasteiger partial charge in [-0.3, -0.25) is 0 Å². The fraction of sp³-hybridized carbons (Fsp3) is 0.333. The maximum atomic E-state index is 4.54. The summed E-state index contributed by atoms with van der Waals surface area (Å²) in [6.07, 6.45) is 1.25. The summed E-state index contributed by atoms with van der Waals surface area (Å²) in [5, 5.41) is 0. The van der Waals surface area contributed by atoms with Crippen molar-refractivity contribution >= 4 is 0 Å². The van der Waals surface area contributed by atoms with Gasteiger partial charge in [0, 0.05) is 13.7 Å². The zero-order valence-electron chi connectivity index (χ0n) is 12.8. The van der Waals surface area contributed by atoms with Gasteiger partial charge in [-0.1, -0.05) is 93.1 Å². The molecule has 0 amide bonds. The predicted molar refractivity (Wildman–Crippen MR) is 86.4 cm³/mol. The van der Waals surface area contributed by atoms with Crippen molar-refractivity contribution in [1.82, 2.24) is 0 Å². The normalized spacial score (nSPS) is 7.58. The maximum Gasteiger partial charge on any atom is 0.0433 e. The van der Waals surface area contributed by atoms with E-state index >= 15 is 0 Å². The van der Waals surface area contributed by atoms with Crippen LogP contribution in [0, 0.1) is 0 Å². The summed E-state index contributed by atoms with van der Waals surface area (Å²) in [7, 11) is 1.68. The van der Waals surface area contributed by atoms with Crippen LogP contribution in [0.4, 0.5) is 0 Å². The lowest BCUT2D eigenvalue weighted by atomic mass is 10.4. The molecule has 19 heavy (non-hydrogen) atoms. The summed E-state index contributed by atoms with van der Waals surface area (Å²) < 4.78 is 4.54. The third kappa shape index (κ3) is 26.2. The van der Waals surface area contributed by atoms with E-state index in [-0.39, 0.29) is 0 Å². The first-order valence-electron chi connectivity index (χ1n) is 6.82. The molecule has 0 atom stereocenters. The van der Waals surface area contributed by atoms with Crippen LogP contribution < -0.4 is 0 Å². The SMILES string of the molecule is CCC.CCOC.c1ccccc1.c1ccccc1. The minimum absolute atomic E-state index is 0.819. The molecule has 0 aromatic heterocycles. The Balaban J connectivity index is 0. The van der Waals surface area contributed by atoms with E-state index in [1.165, 1.54) is 6.42 Å². The van der Waals surface area contributed by atoms with Crippen LogP contribution in [-0.2, 0) is 4.74 Å². The largest absolute Gasteiger partial charge is 0.385 e. The van der Waals surface area contributed by atoms with Crippen molar-refractivity contribution in [3.63, 3.8) is 0 Å². The minimum atomic E-state index is 0.819. The molecular formula is C18H28O. The fourth-order valence-electron chi connectivity index (χ4n) is 0.770. The summed E-state index contributed by atoms with van der Waals surface area (Å²) in [4.78, 5) is 0. The molecule has 0 N–H and O–H groups in total. The van der Waals surface area contributed by atoms with Crippen LogP contribution in [0.25, 0.3) is 0 Å². The first-order chi connectivity index (χ1) is 9.33. The monoisotopic (exact) mass is 260 g/mol. The lowest BCUT2D eigenvalue weighted by molar-refractivity contribution is 0.215. The summed E-state index contributed by atoms with van der Waals surface area (Å²) in [6.45, 7) is 7.03. The van der Waals surface area contributed by atoms with Crippen LogP contribution in [0.2, 0.25) is 0 Å². The Bertz CT molecular complexity index is 218. The molecule has 0 bridgehead atoms. The highest BCUT2D eigenvalue weighted by atomic mass is 16.5. The van der Waals surface area contributed by atoms with Crippen LogP contribution in [0.15, 0.2) is 72.8 Å². The molecule has 1 heteroatoms. The van der Waals surface area contributed by atoms with Gasteiger partial charge in [0.15, 0.2) is 0 Å². The third-order valence-corrected chi connectivity index (χ3v) is 1.62. The first-order valence-corrected chi connectivity index (χ1v) is 6.82. The fourth-order valence-corrected chi connectivity index (χ4v) is 0.770. The smallest absolute Gasteiger partial charge is 0.0433 e. The molecule has 0 saturated heterocycles. The second-order valence-corrected chi connectivity index (χ2v) is 3.59. The van der Waals surface area contributed by atoms with Crippen LogP contribution in [0.1, 0.15) is 27.2 Å². The topological polar surface area (TPSA) is 9.23 Å². The van der Waals surface area contributed by atoms with E-state index in [9.17, 15) is 0 Å².